The number of ketones is 1. The molecule has 1 aromatic rings. The third kappa shape index (κ3) is 3.41. The quantitative estimate of drug-likeness (QED) is 0.838. The highest BCUT2D eigenvalue weighted by Crippen LogP contribution is 2.28. The SMILES string of the molecule is CCC(C)N1CCN(c2nc(C(=O)O)c(C(C)=O)s2)CC1. The van der Waals surface area contributed by atoms with E-state index in [0.29, 0.717) is 11.2 Å². The summed E-state index contributed by atoms with van der Waals surface area (Å²) in [5, 5.41) is 9.78. The van der Waals surface area contributed by atoms with Gasteiger partial charge in [0.25, 0.3) is 0 Å². The van der Waals surface area contributed by atoms with E-state index < -0.39 is 5.97 Å². The van der Waals surface area contributed by atoms with Gasteiger partial charge in [-0.25, -0.2) is 9.78 Å². The molecule has 21 heavy (non-hydrogen) atoms. The van der Waals surface area contributed by atoms with Gasteiger partial charge >= 0.3 is 5.97 Å². The Kier molecular flexibility index (Phi) is 4.95. The Balaban J connectivity index is 2.12. The van der Waals surface area contributed by atoms with Gasteiger partial charge in [-0.1, -0.05) is 18.3 Å². The van der Waals surface area contributed by atoms with Crippen molar-refractivity contribution in [2.24, 2.45) is 0 Å². The molecule has 1 N–H and O–H groups in total. The number of carboxylic acid groups (broad SMARTS) is 1. The summed E-state index contributed by atoms with van der Waals surface area (Å²) in [7, 11) is 0. The molecule has 1 aliphatic rings. The van der Waals surface area contributed by atoms with Crippen LogP contribution in [0.5, 0.6) is 0 Å². The summed E-state index contributed by atoms with van der Waals surface area (Å²) in [5.41, 5.74) is -0.119. The molecule has 0 amide bonds. The maximum absolute atomic E-state index is 11.5. The molecule has 1 atom stereocenters. The standard InChI is InChI=1S/C14H21N3O3S/c1-4-9(2)16-5-7-17(8-6-16)14-15-11(13(19)20)12(21-14)10(3)18/h9H,4-8H2,1-3H3,(H,19,20). The van der Waals surface area contributed by atoms with Gasteiger partial charge in [0.05, 0.1) is 0 Å². The van der Waals surface area contributed by atoms with Crippen LogP contribution in [-0.2, 0) is 0 Å². The van der Waals surface area contributed by atoms with Crippen LogP contribution in [0.25, 0.3) is 0 Å². The monoisotopic (exact) mass is 311 g/mol. The average Bonchev–Trinajstić information content (AvgIpc) is 2.92. The van der Waals surface area contributed by atoms with E-state index in [4.69, 9.17) is 5.11 Å². The number of nitrogens with zero attached hydrogens (tertiary/aromatic N) is 3. The number of Topliss-reactive ketones (excluding diaryl/α,β-unsaturated/α-hetero) is 1. The molecule has 1 fully saturated rings. The van der Waals surface area contributed by atoms with Crippen molar-refractivity contribution < 1.29 is 14.7 Å². The lowest BCUT2D eigenvalue weighted by molar-refractivity contribution is 0.0687. The summed E-state index contributed by atoms with van der Waals surface area (Å²) < 4.78 is 0. The minimum atomic E-state index is -1.14. The minimum absolute atomic E-state index is 0.119. The Morgan fingerprint density at radius 2 is 1.95 bits per heavy atom. The van der Waals surface area contributed by atoms with Crippen LogP contribution in [-0.4, -0.2) is 59.0 Å². The van der Waals surface area contributed by atoms with Crippen molar-refractivity contribution in [1.29, 1.82) is 0 Å². The van der Waals surface area contributed by atoms with Crippen molar-refractivity contribution >= 4 is 28.2 Å². The van der Waals surface area contributed by atoms with E-state index in [2.05, 4.69) is 28.6 Å². The van der Waals surface area contributed by atoms with Crippen LogP contribution in [0.15, 0.2) is 0 Å². The normalized spacial score (nSPS) is 17.8. The molecule has 2 rings (SSSR count). The minimum Gasteiger partial charge on any atom is -0.476 e. The highest BCUT2D eigenvalue weighted by Gasteiger charge is 2.26. The van der Waals surface area contributed by atoms with Crippen LogP contribution in [0, 0.1) is 0 Å². The summed E-state index contributed by atoms with van der Waals surface area (Å²) >= 11 is 1.18. The van der Waals surface area contributed by atoms with Gasteiger partial charge in [-0.3, -0.25) is 9.69 Å². The number of hydrogen-bond acceptors (Lipinski definition) is 6. The molecule has 1 aliphatic heterocycles. The first-order valence-corrected chi connectivity index (χ1v) is 7.99. The van der Waals surface area contributed by atoms with Crippen molar-refractivity contribution in [2.45, 2.75) is 33.2 Å². The van der Waals surface area contributed by atoms with E-state index >= 15 is 0 Å². The van der Waals surface area contributed by atoms with Gasteiger partial charge in [0.15, 0.2) is 16.6 Å². The molecule has 0 radical (unpaired) electrons. The fraction of sp³-hybridized carbons (Fsp3) is 0.643. The molecule has 1 unspecified atom stereocenters. The number of thiazole rings is 1. The maximum Gasteiger partial charge on any atom is 0.356 e. The van der Waals surface area contributed by atoms with Gasteiger partial charge in [-0.05, 0) is 13.3 Å². The van der Waals surface area contributed by atoms with Crippen LogP contribution in [0.4, 0.5) is 5.13 Å². The second-order valence-corrected chi connectivity index (χ2v) is 6.29. The first-order valence-electron chi connectivity index (χ1n) is 7.18. The molecule has 6 nitrogen and oxygen atoms in total. The van der Waals surface area contributed by atoms with E-state index in [1.807, 2.05) is 0 Å². The van der Waals surface area contributed by atoms with Gasteiger partial charge in [0.2, 0.25) is 0 Å². The van der Waals surface area contributed by atoms with Gasteiger partial charge in [-0.15, -0.1) is 0 Å². The number of carboxylic acids is 1. The van der Waals surface area contributed by atoms with E-state index in [1.54, 1.807) is 0 Å². The zero-order chi connectivity index (χ0) is 15.6. The molecular formula is C14H21N3O3S. The number of carbonyl (C=O) groups excluding carboxylic acids is 1. The maximum atomic E-state index is 11.5. The molecule has 0 bridgehead atoms. The fourth-order valence-corrected chi connectivity index (χ4v) is 3.44. The van der Waals surface area contributed by atoms with E-state index in [1.165, 1.54) is 18.3 Å². The summed E-state index contributed by atoms with van der Waals surface area (Å²) in [4.78, 5) is 31.6. The summed E-state index contributed by atoms with van der Waals surface area (Å²) in [5.74, 6) is -1.38. The van der Waals surface area contributed by atoms with Crippen LogP contribution in [0.1, 0.15) is 47.4 Å². The van der Waals surface area contributed by atoms with Gasteiger partial charge in [0.1, 0.15) is 4.88 Å². The number of carbonyl (C=O) groups is 2. The molecule has 0 spiro atoms. The Morgan fingerprint density at radius 1 is 1.33 bits per heavy atom. The third-order valence-electron chi connectivity index (χ3n) is 3.94. The molecule has 0 saturated carbocycles. The average molecular weight is 311 g/mol. The largest absolute Gasteiger partial charge is 0.476 e. The first kappa shape index (κ1) is 15.9. The summed E-state index contributed by atoms with van der Waals surface area (Å²) in [6.45, 7) is 9.28. The predicted molar refractivity (Wildman–Crippen MR) is 82.6 cm³/mol. The second-order valence-electron chi connectivity index (χ2n) is 5.32. The van der Waals surface area contributed by atoms with Gasteiger partial charge in [-0.2, -0.15) is 0 Å². The van der Waals surface area contributed by atoms with Crippen molar-refractivity contribution in [3.8, 4) is 0 Å². The number of hydrogen-bond donors (Lipinski definition) is 1. The van der Waals surface area contributed by atoms with Crippen molar-refractivity contribution in [2.75, 3.05) is 31.1 Å². The Hall–Kier alpha value is -1.47. The first-order chi connectivity index (χ1) is 9.93. The topological polar surface area (TPSA) is 73.7 Å². The van der Waals surface area contributed by atoms with E-state index in [9.17, 15) is 9.59 Å². The summed E-state index contributed by atoms with van der Waals surface area (Å²) in [6, 6.07) is 0.561. The molecular weight excluding hydrogens is 290 g/mol. The molecule has 1 saturated heterocycles. The number of aromatic carboxylic acids is 1. The molecule has 7 heteroatoms. The van der Waals surface area contributed by atoms with E-state index in [0.717, 1.165) is 32.6 Å². The molecule has 1 aromatic heterocycles. The molecule has 0 aliphatic carbocycles. The highest BCUT2D eigenvalue weighted by atomic mass is 32.1. The zero-order valence-electron chi connectivity index (χ0n) is 12.6. The lowest BCUT2D eigenvalue weighted by atomic mass is 10.2. The number of anilines is 1. The molecule has 116 valence electrons. The fourth-order valence-electron chi connectivity index (χ4n) is 2.44. The molecule has 2 heterocycles. The van der Waals surface area contributed by atoms with Crippen LogP contribution >= 0.6 is 11.3 Å². The summed E-state index contributed by atoms with van der Waals surface area (Å²) in [6.07, 6.45) is 1.12. The van der Waals surface area contributed by atoms with Crippen molar-refractivity contribution in [1.82, 2.24) is 9.88 Å². The lowest BCUT2D eigenvalue weighted by Crippen LogP contribution is -2.49. The van der Waals surface area contributed by atoms with Crippen LogP contribution < -0.4 is 4.90 Å². The van der Waals surface area contributed by atoms with Crippen molar-refractivity contribution in [3.05, 3.63) is 10.6 Å². The van der Waals surface area contributed by atoms with Crippen LogP contribution in [0.2, 0.25) is 0 Å². The number of piperazine rings is 1. The van der Waals surface area contributed by atoms with E-state index in [-0.39, 0.29) is 16.4 Å². The van der Waals surface area contributed by atoms with Crippen LogP contribution in [0.3, 0.4) is 0 Å². The van der Waals surface area contributed by atoms with Gasteiger partial charge in [0, 0.05) is 39.1 Å². The Bertz CT molecular complexity index is 504. The zero-order valence-corrected chi connectivity index (χ0v) is 13.4. The lowest BCUT2D eigenvalue weighted by Gasteiger charge is -2.37. The second kappa shape index (κ2) is 6.53. The number of aromatic nitrogens is 1. The van der Waals surface area contributed by atoms with Gasteiger partial charge < -0.3 is 10.0 Å². The van der Waals surface area contributed by atoms with Crippen molar-refractivity contribution in [3.63, 3.8) is 0 Å². The third-order valence-corrected chi connectivity index (χ3v) is 5.15. The Labute approximate surface area is 128 Å². The Morgan fingerprint density at radius 3 is 2.38 bits per heavy atom. The highest BCUT2D eigenvalue weighted by molar-refractivity contribution is 7.17. The molecule has 0 aromatic carbocycles. The predicted octanol–water partition coefficient (Wildman–Crippen LogP) is 1.96. The number of rotatable bonds is 5. The smallest absolute Gasteiger partial charge is 0.356 e.